The van der Waals surface area contributed by atoms with Gasteiger partial charge in [-0.2, -0.15) is 0 Å². The first-order valence-electron chi connectivity index (χ1n) is 7.58. The van der Waals surface area contributed by atoms with E-state index < -0.39 is 5.54 Å². The quantitative estimate of drug-likeness (QED) is 0.830. The van der Waals surface area contributed by atoms with Gasteiger partial charge in [-0.05, 0) is 46.1 Å². The maximum Gasteiger partial charge on any atom is 0.283 e. The number of aryl methyl sites for hydroxylation is 1. The summed E-state index contributed by atoms with van der Waals surface area (Å²) in [5, 5.41) is 0. The number of hydrogen-bond donors (Lipinski definition) is 1. The molecule has 1 unspecified atom stereocenters. The maximum absolute atomic E-state index is 6.01. The Morgan fingerprint density at radius 2 is 2.17 bits per heavy atom. The van der Waals surface area contributed by atoms with Crippen molar-refractivity contribution >= 4 is 22.0 Å². The number of nitrogens with zero attached hydrogens (tertiary/aromatic N) is 2. The topological polar surface area (TPSA) is 69.7 Å². The van der Waals surface area contributed by atoms with Gasteiger partial charge in [-0.3, -0.25) is 0 Å². The fraction of sp³-hybridized carbons (Fsp3) is 0.294. The van der Waals surface area contributed by atoms with Crippen LogP contribution in [0.2, 0.25) is 0 Å². The third-order valence-electron chi connectivity index (χ3n) is 4.38. The van der Waals surface area contributed by atoms with Gasteiger partial charge >= 0.3 is 0 Å². The van der Waals surface area contributed by atoms with Crippen LogP contribution in [0.15, 0.2) is 39.9 Å². The van der Waals surface area contributed by atoms with Gasteiger partial charge in [-0.1, -0.05) is 13.0 Å². The average Bonchev–Trinajstić information content (AvgIpc) is 2.56. The summed E-state index contributed by atoms with van der Waals surface area (Å²) in [6.45, 7) is 2.64. The lowest BCUT2D eigenvalue weighted by Gasteiger charge is -2.38. The molecule has 5 nitrogen and oxygen atoms in total. The van der Waals surface area contributed by atoms with E-state index in [0.717, 1.165) is 27.8 Å². The molecule has 0 fully saturated rings. The molecule has 4 rings (SSSR count). The van der Waals surface area contributed by atoms with E-state index in [-0.39, 0.29) is 6.02 Å². The van der Waals surface area contributed by atoms with Crippen LogP contribution in [-0.2, 0) is 16.7 Å². The lowest BCUT2D eigenvalue weighted by atomic mass is 9.78. The van der Waals surface area contributed by atoms with E-state index in [1.54, 1.807) is 6.20 Å². The first-order chi connectivity index (χ1) is 11.1. The molecule has 2 aliphatic rings. The molecule has 3 heterocycles. The number of rotatable bonds is 1. The molecule has 0 saturated heterocycles. The predicted molar refractivity (Wildman–Crippen MR) is 90.8 cm³/mol. The average molecular weight is 374 g/mol. The number of nitrogens with two attached hydrogens (primary N) is 1. The fourth-order valence-electron chi connectivity index (χ4n) is 3.23. The minimum absolute atomic E-state index is 0.205. The molecule has 0 saturated carbocycles. The summed E-state index contributed by atoms with van der Waals surface area (Å²) in [6.07, 6.45) is 3.37. The summed E-state index contributed by atoms with van der Waals surface area (Å²) in [5.41, 5.74) is 8.49. The van der Waals surface area contributed by atoms with Crippen LogP contribution < -0.4 is 10.5 Å². The van der Waals surface area contributed by atoms with Crippen molar-refractivity contribution in [2.75, 3.05) is 6.61 Å². The molecule has 1 spiro atoms. The van der Waals surface area contributed by atoms with Gasteiger partial charge in [0.2, 0.25) is 5.88 Å². The van der Waals surface area contributed by atoms with Gasteiger partial charge in [0.05, 0.1) is 6.61 Å². The Kier molecular flexibility index (Phi) is 3.30. The number of halogens is 1. The van der Waals surface area contributed by atoms with E-state index in [1.165, 1.54) is 5.56 Å². The van der Waals surface area contributed by atoms with Crippen molar-refractivity contribution in [1.29, 1.82) is 0 Å². The Morgan fingerprint density at radius 3 is 2.96 bits per heavy atom. The summed E-state index contributed by atoms with van der Waals surface area (Å²) in [4.78, 5) is 9.12. The highest BCUT2D eigenvalue weighted by Gasteiger charge is 2.45. The zero-order valence-corrected chi connectivity index (χ0v) is 14.3. The molecule has 0 aliphatic carbocycles. The number of fused-ring (bicyclic) bond motifs is 4. The summed E-state index contributed by atoms with van der Waals surface area (Å²) < 4.78 is 12.3. The highest BCUT2D eigenvalue weighted by molar-refractivity contribution is 9.10. The summed E-state index contributed by atoms with van der Waals surface area (Å²) in [6, 6.07) is 8.43. The molecule has 118 valence electrons. The number of benzene rings is 1. The molecule has 6 heteroatoms. The highest BCUT2D eigenvalue weighted by Crippen LogP contribution is 2.51. The second-order valence-electron chi connectivity index (χ2n) is 5.70. The third kappa shape index (κ3) is 2.20. The fourth-order valence-corrected chi connectivity index (χ4v) is 3.56. The highest BCUT2D eigenvalue weighted by atomic mass is 79.9. The van der Waals surface area contributed by atoms with Gasteiger partial charge in [0.1, 0.15) is 11.3 Å². The lowest BCUT2D eigenvalue weighted by molar-refractivity contribution is 0.218. The van der Waals surface area contributed by atoms with Gasteiger partial charge < -0.3 is 15.2 Å². The van der Waals surface area contributed by atoms with Crippen molar-refractivity contribution in [2.45, 2.75) is 25.3 Å². The van der Waals surface area contributed by atoms with E-state index in [0.29, 0.717) is 18.9 Å². The van der Waals surface area contributed by atoms with E-state index in [4.69, 9.17) is 20.2 Å². The van der Waals surface area contributed by atoms with Crippen molar-refractivity contribution in [3.8, 4) is 11.6 Å². The molecule has 2 aliphatic heterocycles. The van der Waals surface area contributed by atoms with Crippen molar-refractivity contribution in [3.05, 3.63) is 51.6 Å². The number of pyridine rings is 1. The number of ether oxygens (including phenoxy) is 2. The van der Waals surface area contributed by atoms with Crippen molar-refractivity contribution in [3.63, 3.8) is 0 Å². The van der Waals surface area contributed by atoms with Crippen LogP contribution in [0, 0.1) is 0 Å². The Morgan fingerprint density at radius 1 is 1.30 bits per heavy atom. The molecule has 0 radical (unpaired) electrons. The van der Waals surface area contributed by atoms with Gasteiger partial charge in [-0.25, -0.2) is 9.98 Å². The summed E-state index contributed by atoms with van der Waals surface area (Å²) >= 11 is 3.49. The van der Waals surface area contributed by atoms with Crippen LogP contribution in [-0.4, -0.2) is 17.6 Å². The molecular formula is C17H16BrN3O2. The van der Waals surface area contributed by atoms with Crippen LogP contribution in [0.25, 0.3) is 0 Å². The molecular weight excluding hydrogens is 358 g/mol. The number of amidine groups is 1. The van der Waals surface area contributed by atoms with Crippen LogP contribution in [0.4, 0.5) is 0 Å². The smallest absolute Gasteiger partial charge is 0.283 e. The monoisotopic (exact) mass is 373 g/mol. The molecule has 1 atom stereocenters. The minimum atomic E-state index is -0.604. The molecule has 23 heavy (non-hydrogen) atoms. The van der Waals surface area contributed by atoms with Crippen LogP contribution in [0.5, 0.6) is 11.6 Å². The molecule has 0 bridgehead atoms. The second kappa shape index (κ2) is 5.23. The largest absolute Gasteiger partial charge is 0.465 e. The van der Waals surface area contributed by atoms with Gasteiger partial charge in [0, 0.05) is 28.2 Å². The van der Waals surface area contributed by atoms with Crippen LogP contribution >= 0.6 is 15.9 Å². The Labute approximate surface area is 142 Å². The van der Waals surface area contributed by atoms with E-state index in [2.05, 4.69) is 40.0 Å². The maximum atomic E-state index is 6.01. The SMILES string of the molecule is CCc1ccc2c(c1)C1(CCOC(N)=N1)c1cc(Br)cnc1O2. The Hall–Kier alpha value is -2.08. The molecule has 2 N–H and O–H groups in total. The zero-order valence-electron chi connectivity index (χ0n) is 12.7. The van der Waals surface area contributed by atoms with Crippen LogP contribution in [0.1, 0.15) is 30.0 Å². The van der Waals surface area contributed by atoms with Crippen molar-refractivity contribution < 1.29 is 9.47 Å². The third-order valence-corrected chi connectivity index (χ3v) is 4.82. The molecule has 0 amide bonds. The van der Waals surface area contributed by atoms with Crippen molar-refractivity contribution in [1.82, 2.24) is 4.98 Å². The van der Waals surface area contributed by atoms with Gasteiger partial charge in [-0.15, -0.1) is 0 Å². The first kappa shape index (κ1) is 14.5. The van der Waals surface area contributed by atoms with E-state index in [1.807, 2.05) is 12.1 Å². The standard InChI is InChI=1S/C17H16BrN3O2/c1-2-10-3-4-14-12(7-10)17(5-6-22-16(19)21-17)13-8-11(18)9-20-15(13)23-14/h3-4,7-9H,2,5-6H2,1H3,(H2,19,21). The van der Waals surface area contributed by atoms with Crippen LogP contribution in [0.3, 0.4) is 0 Å². The number of hydrogen-bond acceptors (Lipinski definition) is 5. The van der Waals surface area contributed by atoms with Gasteiger partial charge in [0.25, 0.3) is 6.02 Å². The summed E-state index contributed by atoms with van der Waals surface area (Å²) in [7, 11) is 0. The Bertz CT molecular complexity index is 821. The Balaban J connectivity index is 2.03. The number of aromatic nitrogens is 1. The molecule has 2 aromatic rings. The first-order valence-corrected chi connectivity index (χ1v) is 8.37. The summed E-state index contributed by atoms with van der Waals surface area (Å²) in [5.74, 6) is 1.35. The minimum Gasteiger partial charge on any atom is -0.465 e. The van der Waals surface area contributed by atoms with E-state index in [9.17, 15) is 0 Å². The molecule has 1 aromatic carbocycles. The molecule has 1 aromatic heterocycles. The normalized spacial score (nSPS) is 21.7. The zero-order chi connectivity index (χ0) is 16.0. The van der Waals surface area contributed by atoms with Crippen molar-refractivity contribution in [2.24, 2.45) is 10.7 Å². The number of aliphatic imine (C=N–C) groups is 1. The van der Waals surface area contributed by atoms with E-state index >= 15 is 0 Å². The van der Waals surface area contributed by atoms with Gasteiger partial charge in [0.15, 0.2) is 0 Å². The predicted octanol–water partition coefficient (Wildman–Crippen LogP) is 3.49. The second-order valence-corrected chi connectivity index (χ2v) is 6.62. The lowest BCUT2D eigenvalue weighted by Crippen LogP contribution is -2.38.